The predicted octanol–water partition coefficient (Wildman–Crippen LogP) is 3.78. The number of rotatable bonds is 5. The van der Waals surface area contributed by atoms with Gasteiger partial charge in [-0.2, -0.15) is 0 Å². The van der Waals surface area contributed by atoms with E-state index >= 15 is 0 Å². The summed E-state index contributed by atoms with van der Waals surface area (Å²) in [7, 11) is 0. The van der Waals surface area contributed by atoms with E-state index in [1.165, 1.54) is 22.2 Å². The molecule has 1 unspecified atom stereocenters. The number of aryl methyl sites for hydroxylation is 2. The molecule has 162 valence electrons. The van der Waals surface area contributed by atoms with E-state index in [4.69, 9.17) is 4.98 Å². The molecule has 30 heavy (non-hydrogen) atoms. The molecule has 2 N–H and O–H groups in total. The Morgan fingerprint density at radius 2 is 1.97 bits per heavy atom. The van der Waals surface area contributed by atoms with Crippen LogP contribution >= 0.6 is 23.1 Å². The lowest BCUT2D eigenvalue weighted by Crippen LogP contribution is -2.42. The maximum atomic E-state index is 13.6. The van der Waals surface area contributed by atoms with Crippen LogP contribution in [0, 0.1) is 0 Å². The van der Waals surface area contributed by atoms with E-state index in [9.17, 15) is 14.4 Å². The van der Waals surface area contributed by atoms with Crippen LogP contribution in [0.4, 0.5) is 4.79 Å². The van der Waals surface area contributed by atoms with Crippen LogP contribution in [0.5, 0.6) is 0 Å². The van der Waals surface area contributed by atoms with Crippen molar-refractivity contribution in [3.63, 3.8) is 0 Å². The Bertz CT molecular complexity index is 1020. The summed E-state index contributed by atoms with van der Waals surface area (Å²) in [6, 6.07) is -0.368. The van der Waals surface area contributed by atoms with Crippen LogP contribution in [-0.2, 0) is 17.6 Å². The van der Waals surface area contributed by atoms with E-state index < -0.39 is 11.3 Å². The number of carbonyl (C=O) groups excluding carboxylic acids is 2. The number of hydrogen-bond donors (Lipinski definition) is 2. The third-order valence-electron chi connectivity index (χ3n) is 5.90. The number of nitrogens with one attached hydrogen (secondary N) is 2. The lowest BCUT2D eigenvalue weighted by atomic mass is 9.97. The molecular formula is C21H28N4O3S2. The minimum absolute atomic E-state index is 0.0464. The number of aromatic nitrogens is 2. The molecule has 1 saturated carbocycles. The van der Waals surface area contributed by atoms with Gasteiger partial charge in [0, 0.05) is 17.5 Å². The quantitative estimate of drug-likeness (QED) is 0.536. The Labute approximate surface area is 184 Å². The van der Waals surface area contributed by atoms with Gasteiger partial charge >= 0.3 is 6.03 Å². The SMILES string of the molecule is CCNC(=O)NC(=O)C(C)Sc1nc2sc3c(c2c(=O)n1C1CCCC1)CCCC3. The zero-order valence-corrected chi connectivity index (χ0v) is 19.1. The van der Waals surface area contributed by atoms with E-state index in [1.54, 1.807) is 25.2 Å². The first-order valence-electron chi connectivity index (χ1n) is 10.8. The van der Waals surface area contributed by atoms with Gasteiger partial charge in [-0.05, 0) is 57.9 Å². The normalized spacial score (nSPS) is 17.7. The van der Waals surface area contributed by atoms with Crippen molar-refractivity contribution in [1.82, 2.24) is 20.2 Å². The van der Waals surface area contributed by atoms with Crippen LogP contribution in [0.25, 0.3) is 10.2 Å². The molecule has 0 spiro atoms. The topological polar surface area (TPSA) is 93.1 Å². The second kappa shape index (κ2) is 9.09. The highest BCUT2D eigenvalue weighted by Crippen LogP contribution is 2.38. The van der Waals surface area contributed by atoms with Crippen molar-refractivity contribution >= 4 is 45.3 Å². The standard InChI is InChI=1S/C21H28N4O3S2/c1-3-22-20(28)23-17(26)12(2)29-21-24-18-16(14-10-6-7-11-15(14)30-18)19(27)25(21)13-8-4-5-9-13/h12-13H,3-11H2,1-2H3,(H2,22,23,26,28). The second-order valence-electron chi connectivity index (χ2n) is 8.01. The van der Waals surface area contributed by atoms with Crippen molar-refractivity contribution in [2.45, 2.75) is 81.7 Å². The smallest absolute Gasteiger partial charge is 0.321 e. The van der Waals surface area contributed by atoms with E-state index in [0.717, 1.165) is 61.6 Å². The van der Waals surface area contributed by atoms with Gasteiger partial charge in [-0.1, -0.05) is 24.6 Å². The zero-order valence-electron chi connectivity index (χ0n) is 17.5. The number of fused-ring (bicyclic) bond motifs is 3. The molecule has 2 aliphatic rings. The predicted molar refractivity (Wildman–Crippen MR) is 121 cm³/mol. The van der Waals surface area contributed by atoms with E-state index in [0.29, 0.717) is 11.7 Å². The number of nitrogens with zero attached hydrogens (tertiary/aromatic N) is 2. The Hall–Kier alpha value is -1.87. The first-order valence-corrected chi connectivity index (χ1v) is 12.5. The van der Waals surface area contributed by atoms with Gasteiger partial charge in [-0.3, -0.25) is 19.5 Å². The van der Waals surface area contributed by atoms with Crippen molar-refractivity contribution in [2.75, 3.05) is 6.54 Å². The number of thioether (sulfide) groups is 1. The van der Waals surface area contributed by atoms with Crippen LogP contribution in [0.1, 0.15) is 68.9 Å². The van der Waals surface area contributed by atoms with Crippen LogP contribution in [0.3, 0.4) is 0 Å². The van der Waals surface area contributed by atoms with Gasteiger partial charge in [0.25, 0.3) is 5.56 Å². The van der Waals surface area contributed by atoms with Crippen LogP contribution in [-0.4, -0.2) is 33.3 Å². The first kappa shape index (κ1) is 21.4. The molecule has 0 aromatic carbocycles. The van der Waals surface area contributed by atoms with Gasteiger partial charge in [0.2, 0.25) is 5.91 Å². The van der Waals surface area contributed by atoms with Gasteiger partial charge < -0.3 is 5.32 Å². The minimum atomic E-state index is -0.542. The highest BCUT2D eigenvalue weighted by molar-refractivity contribution is 8.00. The summed E-state index contributed by atoms with van der Waals surface area (Å²) in [6.07, 6.45) is 8.40. The molecule has 0 aliphatic heterocycles. The van der Waals surface area contributed by atoms with Crippen LogP contribution in [0.2, 0.25) is 0 Å². The van der Waals surface area contributed by atoms with Gasteiger partial charge in [0.15, 0.2) is 5.16 Å². The van der Waals surface area contributed by atoms with E-state index in [-0.39, 0.29) is 17.5 Å². The molecule has 4 rings (SSSR count). The number of urea groups is 1. The van der Waals surface area contributed by atoms with Crippen molar-refractivity contribution < 1.29 is 9.59 Å². The van der Waals surface area contributed by atoms with Crippen LogP contribution < -0.4 is 16.2 Å². The van der Waals surface area contributed by atoms with Gasteiger partial charge in [0.1, 0.15) is 4.83 Å². The Morgan fingerprint density at radius 1 is 1.23 bits per heavy atom. The van der Waals surface area contributed by atoms with Gasteiger partial charge in [-0.25, -0.2) is 9.78 Å². The van der Waals surface area contributed by atoms with Crippen molar-refractivity contribution in [3.05, 3.63) is 20.8 Å². The van der Waals surface area contributed by atoms with E-state index in [1.807, 2.05) is 4.57 Å². The molecule has 3 amide bonds. The highest BCUT2D eigenvalue weighted by Gasteiger charge is 2.29. The fourth-order valence-corrected chi connectivity index (χ4v) is 6.68. The minimum Gasteiger partial charge on any atom is -0.338 e. The number of hydrogen-bond acceptors (Lipinski definition) is 6. The average molecular weight is 449 g/mol. The van der Waals surface area contributed by atoms with Crippen molar-refractivity contribution in [1.29, 1.82) is 0 Å². The molecule has 0 bridgehead atoms. The summed E-state index contributed by atoms with van der Waals surface area (Å²) in [5.74, 6) is -0.385. The second-order valence-corrected chi connectivity index (χ2v) is 10.4. The summed E-state index contributed by atoms with van der Waals surface area (Å²) < 4.78 is 1.84. The molecule has 2 aromatic rings. The molecule has 0 radical (unpaired) electrons. The molecule has 7 nitrogen and oxygen atoms in total. The van der Waals surface area contributed by atoms with Crippen LogP contribution in [0.15, 0.2) is 9.95 Å². The number of amides is 3. The molecule has 2 aromatic heterocycles. The average Bonchev–Trinajstić information content (AvgIpc) is 3.35. The zero-order chi connectivity index (χ0) is 21.3. The summed E-state index contributed by atoms with van der Waals surface area (Å²) in [6.45, 7) is 3.99. The molecule has 2 heterocycles. The molecule has 9 heteroatoms. The molecule has 2 aliphatic carbocycles. The van der Waals surface area contributed by atoms with Gasteiger partial charge in [0.05, 0.1) is 10.6 Å². The monoisotopic (exact) mass is 448 g/mol. The molecule has 0 saturated heterocycles. The third-order valence-corrected chi connectivity index (χ3v) is 8.16. The molecular weight excluding hydrogens is 420 g/mol. The van der Waals surface area contributed by atoms with E-state index in [2.05, 4.69) is 10.6 Å². The Morgan fingerprint density at radius 3 is 2.70 bits per heavy atom. The largest absolute Gasteiger partial charge is 0.338 e. The lowest BCUT2D eigenvalue weighted by Gasteiger charge is -2.20. The third kappa shape index (κ3) is 4.14. The fraction of sp³-hybridized carbons (Fsp3) is 0.619. The fourth-order valence-electron chi connectivity index (χ4n) is 4.40. The van der Waals surface area contributed by atoms with Crippen molar-refractivity contribution in [2.24, 2.45) is 0 Å². The highest BCUT2D eigenvalue weighted by atomic mass is 32.2. The number of carbonyl (C=O) groups is 2. The lowest BCUT2D eigenvalue weighted by molar-refractivity contribution is -0.119. The Balaban J connectivity index is 1.71. The molecule has 1 fully saturated rings. The summed E-state index contributed by atoms with van der Waals surface area (Å²) >= 11 is 2.90. The maximum absolute atomic E-state index is 13.6. The summed E-state index contributed by atoms with van der Waals surface area (Å²) in [5, 5.41) is 5.77. The Kier molecular flexibility index (Phi) is 6.48. The first-order chi connectivity index (χ1) is 14.5. The summed E-state index contributed by atoms with van der Waals surface area (Å²) in [4.78, 5) is 44.8. The summed E-state index contributed by atoms with van der Waals surface area (Å²) in [5.41, 5.74) is 1.24. The molecule has 1 atom stereocenters. The number of thiophene rings is 1. The maximum Gasteiger partial charge on any atom is 0.321 e. The van der Waals surface area contributed by atoms with Crippen molar-refractivity contribution in [3.8, 4) is 0 Å². The number of imide groups is 1. The van der Waals surface area contributed by atoms with Gasteiger partial charge in [-0.15, -0.1) is 11.3 Å².